The molecule has 0 radical (unpaired) electrons. The third-order valence-corrected chi connectivity index (χ3v) is 6.96. The Labute approximate surface area is 208 Å². The number of nitrogens with one attached hydrogen (secondary N) is 1. The average Bonchev–Trinajstić information content (AvgIpc) is 3.35. The summed E-state index contributed by atoms with van der Waals surface area (Å²) >= 11 is 0. The highest BCUT2D eigenvalue weighted by atomic mass is 32.2. The predicted molar refractivity (Wildman–Crippen MR) is 135 cm³/mol. The van der Waals surface area contributed by atoms with E-state index in [0.717, 1.165) is 16.7 Å². The molecule has 182 valence electrons. The van der Waals surface area contributed by atoms with Crippen molar-refractivity contribution in [2.75, 3.05) is 20.3 Å². The van der Waals surface area contributed by atoms with E-state index in [2.05, 4.69) is 20.0 Å². The van der Waals surface area contributed by atoms with Crippen molar-refractivity contribution in [2.45, 2.75) is 4.90 Å². The van der Waals surface area contributed by atoms with Gasteiger partial charge in [-0.05, 0) is 41.5 Å². The second kappa shape index (κ2) is 10.1. The highest BCUT2D eigenvalue weighted by Crippen LogP contribution is 2.23. The Bertz CT molecular complexity index is 1590. The van der Waals surface area contributed by atoms with E-state index >= 15 is 0 Å². The number of benzene rings is 3. The van der Waals surface area contributed by atoms with Gasteiger partial charge in [0.2, 0.25) is 15.9 Å². The summed E-state index contributed by atoms with van der Waals surface area (Å²) in [5.74, 6) is 1.55. The molecule has 0 aliphatic rings. The van der Waals surface area contributed by atoms with Crippen LogP contribution in [0.4, 0.5) is 0 Å². The predicted octanol–water partition coefficient (Wildman–Crippen LogP) is 3.82. The fourth-order valence-corrected chi connectivity index (χ4v) is 4.68. The van der Waals surface area contributed by atoms with Crippen molar-refractivity contribution in [3.63, 3.8) is 0 Å². The van der Waals surface area contributed by atoms with Gasteiger partial charge in [0.05, 0.1) is 12.0 Å². The SMILES string of the molecule is COc1cccc(-c2nnc3ccc(OCCNS(=O)(=O)c4ccc(-c5ccccc5)cc4)nn23)c1. The standard InChI is InChI=1S/C26H23N5O4S/c1-34-22-9-5-8-21(18-22)26-29-28-24-14-15-25(30-31(24)26)35-17-16-27-36(32,33)23-12-10-20(11-13-23)19-6-3-2-4-7-19/h2-15,18,27H,16-17H2,1H3. The maximum absolute atomic E-state index is 12.7. The molecule has 5 rings (SSSR count). The van der Waals surface area contributed by atoms with Crippen LogP contribution in [-0.2, 0) is 10.0 Å². The van der Waals surface area contributed by atoms with E-state index in [1.54, 1.807) is 48.0 Å². The number of nitrogens with zero attached hydrogens (tertiary/aromatic N) is 4. The number of sulfonamides is 1. The van der Waals surface area contributed by atoms with E-state index in [-0.39, 0.29) is 18.0 Å². The molecule has 0 atom stereocenters. The van der Waals surface area contributed by atoms with E-state index in [9.17, 15) is 8.42 Å². The molecular weight excluding hydrogens is 478 g/mol. The molecular formula is C26H23N5O4S. The first-order valence-corrected chi connectivity index (χ1v) is 12.7. The van der Waals surface area contributed by atoms with Crippen LogP contribution in [0.15, 0.2) is 95.9 Å². The van der Waals surface area contributed by atoms with Gasteiger partial charge in [-0.3, -0.25) is 0 Å². The summed E-state index contributed by atoms with van der Waals surface area (Å²) in [6.45, 7) is 0.170. The van der Waals surface area contributed by atoms with Gasteiger partial charge in [-0.15, -0.1) is 15.3 Å². The van der Waals surface area contributed by atoms with Crippen LogP contribution in [0.2, 0.25) is 0 Å². The molecule has 9 nitrogen and oxygen atoms in total. The Morgan fingerprint density at radius 3 is 2.36 bits per heavy atom. The monoisotopic (exact) mass is 501 g/mol. The molecule has 36 heavy (non-hydrogen) atoms. The van der Waals surface area contributed by atoms with Crippen molar-refractivity contribution in [3.05, 3.63) is 91.0 Å². The third-order valence-electron chi connectivity index (χ3n) is 5.48. The summed E-state index contributed by atoms with van der Waals surface area (Å²) in [5, 5.41) is 12.8. The molecule has 0 spiro atoms. The van der Waals surface area contributed by atoms with E-state index in [1.165, 1.54) is 0 Å². The Morgan fingerprint density at radius 1 is 0.833 bits per heavy atom. The van der Waals surface area contributed by atoms with E-state index in [4.69, 9.17) is 9.47 Å². The lowest BCUT2D eigenvalue weighted by molar-refractivity contribution is 0.306. The lowest BCUT2D eigenvalue weighted by Crippen LogP contribution is -2.28. The quantitative estimate of drug-likeness (QED) is 0.306. The van der Waals surface area contributed by atoms with Gasteiger partial charge in [-0.2, -0.15) is 4.52 Å². The Hall–Kier alpha value is -4.28. The van der Waals surface area contributed by atoms with Crippen molar-refractivity contribution in [2.24, 2.45) is 0 Å². The minimum absolute atomic E-state index is 0.0768. The Kier molecular flexibility index (Phi) is 6.61. The van der Waals surface area contributed by atoms with Crippen LogP contribution in [0.1, 0.15) is 0 Å². The maximum Gasteiger partial charge on any atom is 0.240 e. The van der Waals surface area contributed by atoms with E-state index in [0.29, 0.717) is 23.1 Å². The summed E-state index contributed by atoms with van der Waals surface area (Å²) < 4.78 is 40.4. The average molecular weight is 502 g/mol. The molecule has 0 amide bonds. The molecule has 1 N–H and O–H groups in total. The first kappa shape index (κ1) is 23.5. The van der Waals surface area contributed by atoms with Crippen LogP contribution >= 0.6 is 0 Å². The van der Waals surface area contributed by atoms with Gasteiger partial charge in [0, 0.05) is 18.2 Å². The molecule has 0 saturated carbocycles. The van der Waals surface area contributed by atoms with Gasteiger partial charge >= 0.3 is 0 Å². The van der Waals surface area contributed by atoms with E-state index < -0.39 is 10.0 Å². The summed E-state index contributed by atoms with van der Waals surface area (Å²) in [4.78, 5) is 0.189. The van der Waals surface area contributed by atoms with Gasteiger partial charge in [-0.25, -0.2) is 13.1 Å². The van der Waals surface area contributed by atoms with Gasteiger partial charge in [0.15, 0.2) is 11.5 Å². The second-order valence-corrected chi connectivity index (χ2v) is 9.60. The number of hydrogen-bond acceptors (Lipinski definition) is 7. The van der Waals surface area contributed by atoms with Crippen LogP contribution in [-0.4, -0.2) is 48.5 Å². The molecule has 0 aliphatic carbocycles. The molecule has 2 heterocycles. The molecule has 0 fully saturated rings. The van der Waals surface area contributed by atoms with Crippen molar-refractivity contribution >= 4 is 15.7 Å². The molecule has 0 unspecified atom stereocenters. The van der Waals surface area contributed by atoms with Crippen LogP contribution < -0.4 is 14.2 Å². The Morgan fingerprint density at radius 2 is 1.58 bits per heavy atom. The third kappa shape index (κ3) is 5.04. The van der Waals surface area contributed by atoms with Gasteiger partial charge in [0.25, 0.3) is 0 Å². The summed E-state index contributed by atoms with van der Waals surface area (Å²) in [6, 6.07) is 27.4. The summed E-state index contributed by atoms with van der Waals surface area (Å²) in [5.41, 5.74) is 3.31. The maximum atomic E-state index is 12.7. The van der Waals surface area contributed by atoms with Crippen molar-refractivity contribution < 1.29 is 17.9 Å². The Balaban J connectivity index is 1.22. The number of methoxy groups -OCH3 is 1. The molecule has 0 saturated heterocycles. The first-order chi connectivity index (χ1) is 17.5. The van der Waals surface area contributed by atoms with Crippen LogP contribution in [0.3, 0.4) is 0 Å². The second-order valence-electron chi connectivity index (χ2n) is 7.83. The summed E-state index contributed by atoms with van der Waals surface area (Å²) in [6.07, 6.45) is 0. The van der Waals surface area contributed by atoms with Crippen molar-refractivity contribution in [3.8, 4) is 34.1 Å². The zero-order valence-electron chi connectivity index (χ0n) is 19.4. The molecule has 10 heteroatoms. The zero-order chi connectivity index (χ0) is 25.0. The van der Waals surface area contributed by atoms with Crippen LogP contribution in [0.25, 0.3) is 28.2 Å². The fraction of sp³-hybridized carbons (Fsp3) is 0.115. The number of ether oxygens (including phenoxy) is 2. The topological polar surface area (TPSA) is 108 Å². The van der Waals surface area contributed by atoms with Gasteiger partial charge in [-0.1, -0.05) is 54.6 Å². The number of aromatic nitrogens is 4. The fourth-order valence-electron chi connectivity index (χ4n) is 3.66. The van der Waals surface area contributed by atoms with Crippen molar-refractivity contribution in [1.82, 2.24) is 24.5 Å². The van der Waals surface area contributed by atoms with Gasteiger partial charge in [0.1, 0.15) is 12.4 Å². The smallest absolute Gasteiger partial charge is 0.240 e. The minimum atomic E-state index is -3.68. The zero-order valence-corrected chi connectivity index (χ0v) is 20.2. The molecule has 5 aromatic rings. The molecule has 2 aromatic heterocycles. The number of hydrogen-bond donors (Lipinski definition) is 1. The minimum Gasteiger partial charge on any atom is -0.497 e. The largest absolute Gasteiger partial charge is 0.497 e. The van der Waals surface area contributed by atoms with Crippen LogP contribution in [0.5, 0.6) is 11.6 Å². The lowest BCUT2D eigenvalue weighted by Gasteiger charge is -2.09. The first-order valence-electron chi connectivity index (χ1n) is 11.2. The highest BCUT2D eigenvalue weighted by Gasteiger charge is 2.14. The molecule has 0 aliphatic heterocycles. The van der Waals surface area contributed by atoms with Crippen molar-refractivity contribution in [1.29, 1.82) is 0 Å². The number of rotatable bonds is 9. The van der Waals surface area contributed by atoms with Gasteiger partial charge < -0.3 is 9.47 Å². The van der Waals surface area contributed by atoms with E-state index in [1.807, 2.05) is 54.6 Å². The highest BCUT2D eigenvalue weighted by molar-refractivity contribution is 7.89. The normalized spacial score (nSPS) is 11.5. The molecule has 0 bridgehead atoms. The lowest BCUT2D eigenvalue weighted by atomic mass is 10.1. The summed E-state index contributed by atoms with van der Waals surface area (Å²) in [7, 11) is -2.08. The van der Waals surface area contributed by atoms with Crippen LogP contribution in [0, 0.1) is 0 Å². The molecule has 3 aromatic carbocycles. The number of fused-ring (bicyclic) bond motifs is 1.